The van der Waals surface area contributed by atoms with Crippen LogP contribution in [-0.4, -0.2) is 29.8 Å². The molecule has 0 aliphatic heterocycles. The molecule has 20 heavy (non-hydrogen) atoms. The average molecular weight is 274 g/mol. The van der Waals surface area contributed by atoms with E-state index in [1.165, 1.54) is 7.11 Å². The third-order valence-corrected chi connectivity index (χ3v) is 3.00. The van der Waals surface area contributed by atoms with Crippen LogP contribution in [0.3, 0.4) is 0 Å². The Kier molecular flexibility index (Phi) is 4.40. The molecule has 1 aromatic heterocycles. The van der Waals surface area contributed by atoms with E-state index in [1.807, 2.05) is 0 Å². The van der Waals surface area contributed by atoms with Gasteiger partial charge in [0.05, 0.1) is 31.5 Å². The van der Waals surface area contributed by atoms with Crippen LogP contribution in [0.5, 0.6) is 11.5 Å². The van der Waals surface area contributed by atoms with Gasteiger partial charge in [-0.2, -0.15) is 5.10 Å². The first-order chi connectivity index (χ1) is 9.71. The van der Waals surface area contributed by atoms with Crippen molar-refractivity contribution in [2.45, 2.75) is 19.9 Å². The number of hydrogen-bond acceptors (Lipinski definition) is 4. The summed E-state index contributed by atoms with van der Waals surface area (Å²) in [5.74, 6) is 0.866. The lowest BCUT2D eigenvalue weighted by Crippen LogP contribution is -2.04. The molecule has 5 heteroatoms. The maximum absolute atomic E-state index is 12.5. The standard InChI is InChI=1S/C15H18N2O3/c1-4-8-17-10-11(9-16-17)14(18)12-6-5-7-13(19-2)15(12)20-3/h5-7,9-10H,4,8H2,1-3H3. The lowest BCUT2D eigenvalue weighted by atomic mass is 10.0. The lowest BCUT2D eigenvalue weighted by molar-refractivity contribution is 0.103. The molecule has 0 bridgehead atoms. The van der Waals surface area contributed by atoms with Crippen molar-refractivity contribution in [3.63, 3.8) is 0 Å². The first-order valence-corrected chi connectivity index (χ1v) is 6.49. The van der Waals surface area contributed by atoms with Gasteiger partial charge in [0, 0.05) is 12.7 Å². The number of methoxy groups -OCH3 is 2. The first-order valence-electron chi connectivity index (χ1n) is 6.49. The molecule has 0 saturated heterocycles. The number of para-hydroxylation sites is 1. The summed E-state index contributed by atoms with van der Waals surface area (Å²) in [4.78, 5) is 12.5. The molecule has 0 saturated carbocycles. The molecule has 0 unspecified atom stereocenters. The summed E-state index contributed by atoms with van der Waals surface area (Å²) in [6.07, 6.45) is 4.31. The Morgan fingerprint density at radius 2 is 2.10 bits per heavy atom. The van der Waals surface area contributed by atoms with E-state index in [-0.39, 0.29) is 5.78 Å². The van der Waals surface area contributed by atoms with Gasteiger partial charge in [0.1, 0.15) is 0 Å². The summed E-state index contributed by atoms with van der Waals surface area (Å²) >= 11 is 0. The Hall–Kier alpha value is -2.30. The molecule has 5 nitrogen and oxygen atoms in total. The minimum Gasteiger partial charge on any atom is -0.493 e. The third-order valence-electron chi connectivity index (χ3n) is 3.00. The van der Waals surface area contributed by atoms with Crippen molar-refractivity contribution in [2.24, 2.45) is 0 Å². The summed E-state index contributed by atoms with van der Waals surface area (Å²) in [5.41, 5.74) is 1.02. The van der Waals surface area contributed by atoms with Crippen LogP contribution in [0.25, 0.3) is 0 Å². The fourth-order valence-corrected chi connectivity index (χ4v) is 2.05. The molecule has 2 aromatic rings. The lowest BCUT2D eigenvalue weighted by Gasteiger charge is -2.10. The second-order valence-electron chi connectivity index (χ2n) is 4.36. The predicted octanol–water partition coefficient (Wildman–Crippen LogP) is 2.54. The SMILES string of the molecule is CCCn1cc(C(=O)c2cccc(OC)c2OC)cn1. The van der Waals surface area contributed by atoms with Crippen molar-refractivity contribution in [2.75, 3.05) is 14.2 Å². The van der Waals surface area contributed by atoms with Crippen LogP contribution in [0.15, 0.2) is 30.6 Å². The van der Waals surface area contributed by atoms with E-state index < -0.39 is 0 Å². The molecular formula is C15H18N2O3. The zero-order valence-electron chi connectivity index (χ0n) is 11.9. The highest BCUT2D eigenvalue weighted by molar-refractivity contribution is 6.10. The van der Waals surface area contributed by atoms with Crippen molar-refractivity contribution in [1.29, 1.82) is 0 Å². The van der Waals surface area contributed by atoms with Gasteiger partial charge in [-0.15, -0.1) is 0 Å². The van der Waals surface area contributed by atoms with Crippen molar-refractivity contribution in [3.05, 3.63) is 41.7 Å². The van der Waals surface area contributed by atoms with Crippen molar-refractivity contribution in [3.8, 4) is 11.5 Å². The van der Waals surface area contributed by atoms with Crippen molar-refractivity contribution < 1.29 is 14.3 Å². The topological polar surface area (TPSA) is 53.4 Å². The van der Waals surface area contributed by atoms with E-state index >= 15 is 0 Å². The summed E-state index contributed by atoms with van der Waals surface area (Å²) in [5, 5.41) is 4.17. The smallest absolute Gasteiger partial charge is 0.200 e. The van der Waals surface area contributed by atoms with E-state index in [2.05, 4.69) is 12.0 Å². The largest absolute Gasteiger partial charge is 0.493 e. The number of carbonyl (C=O) groups excluding carboxylic acids is 1. The summed E-state index contributed by atoms with van der Waals surface area (Å²) in [6, 6.07) is 5.25. The van der Waals surface area contributed by atoms with Crippen LogP contribution in [0, 0.1) is 0 Å². The second-order valence-corrected chi connectivity index (χ2v) is 4.36. The number of ether oxygens (including phenoxy) is 2. The van der Waals surface area contributed by atoms with Gasteiger partial charge in [0.2, 0.25) is 0 Å². The number of rotatable bonds is 6. The molecular weight excluding hydrogens is 256 g/mol. The Bertz CT molecular complexity index is 605. The van der Waals surface area contributed by atoms with Gasteiger partial charge in [0.25, 0.3) is 0 Å². The molecule has 0 aliphatic rings. The number of benzene rings is 1. The zero-order chi connectivity index (χ0) is 14.5. The normalized spacial score (nSPS) is 10.3. The molecule has 2 rings (SSSR count). The number of nitrogens with zero attached hydrogens (tertiary/aromatic N) is 2. The Balaban J connectivity index is 2.37. The van der Waals surface area contributed by atoms with E-state index in [9.17, 15) is 4.79 Å². The molecule has 0 N–H and O–H groups in total. The van der Waals surface area contributed by atoms with Crippen LogP contribution < -0.4 is 9.47 Å². The molecule has 1 heterocycles. The Morgan fingerprint density at radius 3 is 2.75 bits per heavy atom. The summed E-state index contributed by atoms with van der Waals surface area (Å²) < 4.78 is 12.3. The van der Waals surface area contributed by atoms with E-state index in [0.29, 0.717) is 22.6 Å². The Labute approximate surface area is 118 Å². The second kappa shape index (κ2) is 6.23. The quantitative estimate of drug-likeness (QED) is 0.760. The first kappa shape index (κ1) is 14.1. The average Bonchev–Trinajstić information content (AvgIpc) is 2.94. The highest BCUT2D eigenvalue weighted by Crippen LogP contribution is 2.32. The van der Waals surface area contributed by atoms with Crippen LogP contribution in [0.1, 0.15) is 29.3 Å². The summed E-state index contributed by atoms with van der Waals surface area (Å²) in [6.45, 7) is 2.86. The molecule has 0 amide bonds. The van der Waals surface area contributed by atoms with E-state index in [0.717, 1.165) is 13.0 Å². The van der Waals surface area contributed by atoms with E-state index in [1.54, 1.807) is 42.4 Å². The number of hydrogen-bond donors (Lipinski definition) is 0. The van der Waals surface area contributed by atoms with Crippen LogP contribution in [0.2, 0.25) is 0 Å². The molecule has 0 aliphatic carbocycles. The van der Waals surface area contributed by atoms with Crippen molar-refractivity contribution in [1.82, 2.24) is 9.78 Å². The van der Waals surface area contributed by atoms with Gasteiger partial charge in [-0.3, -0.25) is 9.48 Å². The molecule has 0 fully saturated rings. The molecule has 0 radical (unpaired) electrons. The van der Waals surface area contributed by atoms with Gasteiger partial charge in [-0.05, 0) is 18.6 Å². The molecule has 1 aromatic carbocycles. The molecule has 106 valence electrons. The number of aromatic nitrogens is 2. The fourth-order valence-electron chi connectivity index (χ4n) is 2.05. The van der Waals surface area contributed by atoms with Gasteiger partial charge in [0.15, 0.2) is 17.3 Å². The van der Waals surface area contributed by atoms with Crippen LogP contribution in [0.4, 0.5) is 0 Å². The monoisotopic (exact) mass is 274 g/mol. The highest BCUT2D eigenvalue weighted by Gasteiger charge is 2.19. The van der Waals surface area contributed by atoms with Crippen LogP contribution >= 0.6 is 0 Å². The van der Waals surface area contributed by atoms with Gasteiger partial charge >= 0.3 is 0 Å². The van der Waals surface area contributed by atoms with Gasteiger partial charge < -0.3 is 9.47 Å². The third kappa shape index (κ3) is 2.66. The number of ketones is 1. The molecule has 0 spiro atoms. The zero-order valence-corrected chi connectivity index (χ0v) is 11.9. The van der Waals surface area contributed by atoms with Gasteiger partial charge in [-0.1, -0.05) is 13.0 Å². The molecule has 0 atom stereocenters. The number of carbonyl (C=O) groups is 1. The fraction of sp³-hybridized carbons (Fsp3) is 0.333. The minimum absolute atomic E-state index is 0.122. The highest BCUT2D eigenvalue weighted by atomic mass is 16.5. The van der Waals surface area contributed by atoms with Crippen molar-refractivity contribution >= 4 is 5.78 Å². The Morgan fingerprint density at radius 1 is 1.30 bits per heavy atom. The van der Waals surface area contributed by atoms with Gasteiger partial charge in [-0.25, -0.2) is 0 Å². The van der Waals surface area contributed by atoms with Crippen LogP contribution in [-0.2, 0) is 6.54 Å². The summed E-state index contributed by atoms with van der Waals surface area (Å²) in [7, 11) is 3.07. The maximum Gasteiger partial charge on any atom is 0.200 e. The number of aryl methyl sites for hydroxylation is 1. The predicted molar refractivity (Wildman–Crippen MR) is 75.5 cm³/mol. The maximum atomic E-state index is 12.5. The minimum atomic E-state index is -0.122. The van der Waals surface area contributed by atoms with E-state index in [4.69, 9.17) is 9.47 Å².